The summed E-state index contributed by atoms with van der Waals surface area (Å²) in [6.07, 6.45) is 0. The molecule has 0 saturated carbocycles. The molecule has 34 valence electrons. The average Bonchev–Trinajstić information content (AvgIpc) is 0.811. The Hall–Kier alpha value is 0.710. The lowest BCUT2D eigenvalue weighted by atomic mass is 16.0. The minimum Gasteiger partial charge on any atom is -0.405 e. The molecule has 0 N–H and O–H groups in total. The van der Waals surface area contributed by atoms with Gasteiger partial charge in [0.05, 0.1) is 0 Å². The molecule has 0 spiro atoms. The zero-order chi connectivity index (χ0) is 3.58. The molecule has 0 heterocycles. The summed E-state index contributed by atoms with van der Waals surface area (Å²) in [6, 6.07) is 0. The third-order valence-corrected chi connectivity index (χ3v) is 0. The van der Waals surface area contributed by atoms with Crippen LogP contribution in [0.2, 0.25) is 0 Å². The molecule has 5 heavy (non-hydrogen) atoms. The second-order valence-corrected chi connectivity index (χ2v) is 0.982. The van der Waals surface area contributed by atoms with Gasteiger partial charge in [0, 0.05) is 0 Å². The van der Waals surface area contributed by atoms with E-state index in [1.165, 1.54) is 0 Å². The molecule has 0 fully saturated rings. The summed E-state index contributed by atoms with van der Waals surface area (Å²) < 4.78 is 25.6. The van der Waals surface area contributed by atoms with E-state index in [0.29, 0.717) is 0 Å². The molecule has 0 amide bonds. The zero-order valence-corrected chi connectivity index (χ0v) is 4.92. The smallest absolute Gasteiger partial charge is 0.216 e. The highest BCUT2D eigenvalue weighted by Crippen LogP contribution is 1.24. The highest BCUT2D eigenvalue weighted by molar-refractivity contribution is 7.37. The van der Waals surface area contributed by atoms with Crippen LogP contribution in [-0.4, -0.2) is 0 Å². The van der Waals surface area contributed by atoms with Gasteiger partial charge in [-0.15, -0.1) is 0 Å². The first kappa shape index (κ1) is 9.20. The van der Waals surface area contributed by atoms with Gasteiger partial charge in [-0.05, 0) is 0 Å². The van der Waals surface area contributed by atoms with E-state index in [1.807, 2.05) is 0 Å². The Morgan fingerprint density at radius 1 is 1.00 bits per heavy atom. The quantitative estimate of drug-likeness (QED) is 0.339. The molecule has 0 aromatic heterocycles. The molecule has 0 aliphatic carbocycles. The molecular weight excluding hydrogens is 160 g/mol. The van der Waals surface area contributed by atoms with E-state index in [1.54, 1.807) is 0 Å². The summed E-state index contributed by atoms with van der Waals surface area (Å²) in [7, 11) is 0. The molecule has 0 bridgehead atoms. The van der Waals surface area contributed by atoms with Crippen LogP contribution in [0.25, 0.3) is 0 Å². The maximum absolute atomic E-state index is 8.52. The fourth-order valence-electron chi connectivity index (χ4n) is 0. The maximum atomic E-state index is 8.52. The summed E-state index contributed by atoms with van der Waals surface area (Å²) in [5, 5.41) is 0. The van der Waals surface area contributed by atoms with Crippen molar-refractivity contribution in [3.8, 4) is 0 Å². The van der Waals surface area contributed by atoms with Crippen molar-refractivity contribution >= 4 is 13.5 Å². The molecule has 0 rings (SSSR count). The minimum absolute atomic E-state index is 0. The van der Waals surface area contributed by atoms with E-state index >= 15 is 0 Å². The first-order chi connectivity index (χ1) is 1.73. The lowest BCUT2D eigenvalue weighted by Crippen LogP contribution is -2.42. The predicted molar refractivity (Wildman–Crippen MR) is 11.5 cm³/mol. The van der Waals surface area contributed by atoms with Gasteiger partial charge in [0.15, 0.2) is 0 Å². The van der Waals surface area contributed by atoms with Crippen molar-refractivity contribution in [2.75, 3.05) is 0 Å². The second-order valence-electron chi connectivity index (χ2n) is 0.189. The first-order valence-corrected chi connectivity index (χ1v) is 2.41. The second kappa shape index (κ2) is 4.71. The van der Waals surface area contributed by atoms with Gasteiger partial charge < -0.3 is 12.6 Å². The zero-order valence-electron chi connectivity index (χ0n) is 2.18. The van der Waals surface area contributed by atoms with Crippen LogP contribution in [-0.2, 0) is 13.5 Å². The maximum Gasteiger partial charge on any atom is 0.216 e. The Kier molecular flexibility index (Phi) is 8.67. The molecule has 5 heteroatoms. The van der Waals surface area contributed by atoms with Gasteiger partial charge >= 0.3 is 0 Å². The Balaban J connectivity index is 0. The van der Waals surface area contributed by atoms with E-state index in [4.69, 9.17) is 12.6 Å². The van der Waals surface area contributed by atoms with Gasteiger partial charge in [0.25, 0.3) is 0 Å². The third kappa shape index (κ3) is 68.6. The topological polar surface area (TPSA) is 69.2 Å². The van der Waals surface area contributed by atoms with Crippen molar-refractivity contribution in [2.45, 2.75) is 0 Å². The van der Waals surface area contributed by atoms with E-state index in [-0.39, 0.29) is 13.5 Å². The Labute approximate surface area is 41.5 Å². The molecule has 0 aliphatic heterocycles. The number of halogens is 1. The van der Waals surface area contributed by atoms with Crippen LogP contribution < -0.4 is 12.6 Å². The molecule has 0 aliphatic rings. The summed E-state index contributed by atoms with van der Waals surface area (Å²) in [4.78, 5) is 0. The molecule has 0 aromatic carbocycles. The van der Waals surface area contributed by atoms with Crippen LogP contribution in [0.5, 0.6) is 0 Å². The average molecular weight is 163 g/mol. The van der Waals surface area contributed by atoms with Crippen molar-refractivity contribution < 1.29 is 27.4 Å². The highest BCUT2D eigenvalue weighted by atomic mass is 80.0. The molecule has 0 unspecified atom stereocenters. The first-order valence-electron chi connectivity index (χ1n) is 0.463. The predicted octanol–water partition coefficient (Wildman–Crippen LogP) is -4.37. The van der Waals surface area contributed by atoms with Gasteiger partial charge in [-0.3, -0.25) is 0 Å². The molecule has 0 atom stereocenters. The summed E-state index contributed by atoms with van der Waals surface area (Å²) in [5.74, 6) is 0. The normalized spacial score (nSPS) is 7.20. The molecule has 0 radical (unpaired) electrons. The molecular formula is H3BrO3S. The van der Waals surface area contributed by atoms with Crippen molar-refractivity contribution in [1.29, 1.82) is 0 Å². The van der Waals surface area contributed by atoms with Crippen LogP contribution >= 0.6 is 0 Å². The standard InChI is InChI=1S/BrO3.H2S/c2-1(3)4;/h;1H2/q-1;/p+1. The van der Waals surface area contributed by atoms with Gasteiger partial charge in [0.1, 0.15) is 0 Å². The fraction of sp³-hybridized carbons (Fsp3) is 0. The van der Waals surface area contributed by atoms with Crippen LogP contribution in [0.3, 0.4) is 0 Å². The number of hydrogen-bond acceptors (Lipinski definition) is 3. The Morgan fingerprint density at radius 3 is 1.00 bits per heavy atom. The minimum atomic E-state index is -3.65. The lowest BCUT2D eigenvalue weighted by Gasteiger charge is -1.85. The summed E-state index contributed by atoms with van der Waals surface area (Å²) >= 11 is -3.65. The van der Waals surface area contributed by atoms with E-state index < -0.39 is 14.8 Å². The number of hydrogen-bond donors (Lipinski definition) is 0. The van der Waals surface area contributed by atoms with Gasteiger partial charge in [0.2, 0.25) is 14.8 Å². The van der Waals surface area contributed by atoms with Crippen molar-refractivity contribution in [3.63, 3.8) is 0 Å². The van der Waals surface area contributed by atoms with Crippen LogP contribution in [0.15, 0.2) is 0 Å². The van der Waals surface area contributed by atoms with E-state index in [2.05, 4.69) is 0 Å². The lowest BCUT2D eigenvalue weighted by molar-refractivity contribution is -1.73. The Morgan fingerprint density at radius 2 is 1.00 bits per heavy atom. The van der Waals surface area contributed by atoms with Gasteiger partial charge in [-0.1, -0.05) is 13.5 Å². The molecule has 0 aromatic rings. The number of rotatable bonds is 0. The summed E-state index contributed by atoms with van der Waals surface area (Å²) in [5.41, 5.74) is 0. The van der Waals surface area contributed by atoms with Crippen LogP contribution in [0, 0.1) is 14.8 Å². The van der Waals surface area contributed by atoms with Gasteiger partial charge in [-0.2, -0.15) is 0 Å². The molecule has 0 saturated heterocycles. The van der Waals surface area contributed by atoms with Crippen molar-refractivity contribution in [2.24, 2.45) is 0 Å². The van der Waals surface area contributed by atoms with Crippen LogP contribution in [0.1, 0.15) is 0 Å². The monoisotopic (exact) mass is 162 g/mol. The highest BCUT2D eigenvalue weighted by Gasteiger charge is 1.67. The van der Waals surface area contributed by atoms with Crippen molar-refractivity contribution in [1.82, 2.24) is 0 Å². The fourth-order valence-corrected chi connectivity index (χ4v) is 0. The van der Waals surface area contributed by atoms with Crippen LogP contribution in [0.4, 0.5) is 0 Å². The Bertz CT molecular complexity index is 11.6. The van der Waals surface area contributed by atoms with Crippen molar-refractivity contribution in [3.05, 3.63) is 0 Å². The SMILES string of the molecule is [O-][Br+2]([O-])[O-].[SH3+]. The van der Waals surface area contributed by atoms with E-state index in [9.17, 15) is 0 Å². The summed E-state index contributed by atoms with van der Waals surface area (Å²) in [6.45, 7) is 0. The van der Waals surface area contributed by atoms with Gasteiger partial charge in [-0.25, -0.2) is 0 Å². The largest absolute Gasteiger partial charge is 0.405 e. The molecule has 3 nitrogen and oxygen atoms in total. The van der Waals surface area contributed by atoms with E-state index in [0.717, 1.165) is 0 Å². The third-order valence-electron chi connectivity index (χ3n) is 0.